The van der Waals surface area contributed by atoms with E-state index in [9.17, 15) is 5.11 Å². The number of hydrogen-bond acceptors (Lipinski definition) is 3. The fraction of sp³-hybridized carbons (Fsp3) is 0.786. The normalized spacial score (nSPS) is 27.1. The first-order valence-electron chi connectivity index (χ1n) is 6.77. The number of aliphatic hydroxyl groups is 1. The van der Waals surface area contributed by atoms with Gasteiger partial charge in [0.05, 0.1) is 21.7 Å². The Hall–Kier alpha value is -0.410. The van der Waals surface area contributed by atoms with Gasteiger partial charge in [0.1, 0.15) is 0 Å². The van der Waals surface area contributed by atoms with Crippen molar-refractivity contribution in [1.29, 1.82) is 0 Å². The summed E-state index contributed by atoms with van der Waals surface area (Å²) < 4.78 is 0. The maximum absolute atomic E-state index is 9.67. The molecule has 1 N–H and O–H groups in total. The second-order valence-corrected chi connectivity index (χ2v) is 6.37. The minimum atomic E-state index is -0.367. The minimum Gasteiger partial charge on any atom is -0.388 e. The van der Waals surface area contributed by atoms with Crippen molar-refractivity contribution in [2.24, 2.45) is 5.92 Å². The summed E-state index contributed by atoms with van der Waals surface area (Å²) in [4.78, 5) is 5.72. The van der Waals surface area contributed by atoms with Crippen LogP contribution in [0.1, 0.15) is 73.6 Å². The molecule has 1 atom stereocenters. The van der Waals surface area contributed by atoms with Crippen LogP contribution in [0.3, 0.4) is 0 Å². The van der Waals surface area contributed by atoms with Crippen molar-refractivity contribution in [3.8, 4) is 0 Å². The number of nitrogens with zero attached hydrogens (tertiary/aromatic N) is 1. The third-order valence-corrected chi connectivity index (χ3v) is 5.49. The van der Waals surface area contributed by atoms with Crippen molar-refractivity contribution < 1.29 is 5.11 Å². The molecule has 0 radical (unpaired) electrons. The van der Waals surface area contributed by atoms with Crippen LogP contribution in [0.5, 0.6) is 0 Å². The van der Waals surface area contributed by atoms with Crippen molar-refractivity contribution in [2.45, 2.75) is 64.9 Å². The predicted molar refractivity (Wildman–Crippen MR) is 72.5 cm³/mol. The van der Waals surface area contributed by atoms with Crippen LogP contribution in [-0.4, -0.2) is 10.1 Å². The highest BCUT2D eigenvalue weighted by Gasteiger charge is 2.25. The zero-order valence-corrected chi connectivity index (χ0v) is 11.9. The first kappa shape index (κ1) is 13.0. The molecule has 17 heavy (non-hydrogen) atoms. The van der Waals surface area contributed by atoms with Gasteiger partial charge in [-0.15, -0.1) is 11.3 Å². The molecule has 1 aromatic heterocycles. The van der Waals surface area contributed by atoms with Crippen LogP contribution in [0, 0.1) is 12.8 Å². The monoisotopic (exact) mass is 253 g/mol. The standard InChI is InChI=1S/C14H23NOS/c1-4-11-5-7-12(8-6-11)14-15-9(2)13(17-14)10(3)16/h10-12,16H,4-8H2,1-3H3. The molecule has 0 bridgehead atoms. The van der Waals surface area contributed by atoms with Gasteiger partial charge in [-0.1, -0.05) is 13.3 Å². The highest BCUT2D eigenvalue weighted by atomic mass is 32.1. The van der Waals surface area contributed by atoms with Crippen LogP contribution in [0.4, 0.5) is 0 Å². The Kier molecular flexibility index (Phi) is 4.21. The molecule has 0 aromatic carbocycles. The summed E-state index contributed by atoms with van der Waals surface area (Å²) in [7, 11) is 0. The molecule has 0 saturated heterocycles. The van der Waals surface area contributed by atoms with Crippen molar-refractivity contribution in [3.63, 3.8) is 0 Å². The first-order valence-corrected chi connectivity index (χ1v) is 7.58. The van der Waals surface area contributed by atoms with Gasteiger partial charge in [0.2, 0.25) is 0 Å². The van der Waals surface area contributed by atoms with Gasteiger partial charge in [0.15, 0.2) is 0 Å². The molecule has 96 valence electrons. The van der Waals surface area contributed by atoms with E-state index >= 15 is 0 Å². The first-order chi connectivity index (χ1) is 8.11. The average Bonchev–Trinajstić information content (AvgIpc) is 2.71. The lowest BCUT2D eigenvalue weighted by atomic mass is 9.81. The fourth-order valence-electron chi connectivity index (χ4n) is 2.81. The number of thiazole rings is 1. The molecule has 1 aromatic rings. The molecular weight excluding hydrogens is 230 g/mol. The highest BCUT2D eigenvalue weighted by Crippen LogP contribution is 2.40. The molecule has 0 spiro atoms. The number of hydrogen-bond donors (Lipinski definition) is 1. The quantitative estimate of drug-likeness (QED) is 0.876. The van der Waals surface area contributed by atoms with Crippen LogP contribution in [0.2, 0.25) is 0 Å². The van der Waals surface area contributed by atoms with Gasteiger partial charge in [0.25, 0.3) is 0 Å². The van der Waals surface area contributed by atoms with E-state index < -0.39 is 0 Å². The van der Waals surface area contributed by atoms with E-state index in [-0.39, 0.29) is 6.10 Å². The molecule has 1 saturated carbocycles. The van der Waals surface area contributed by atoms with Crippen molar-refractivity contribution in [1.82, 2.24) is 4.98 Å². The van der Waals surface area contributed by atoms with Gasteiger partial charge < -0.3 is 5.11 Å². The van der Waals surface area contributed by atoms with E-state index in [0.717, 1.165) is 16.5 Å². The second kappa shape index (κ2) is 5.49. The van der Waals surface area contributed by atoms with Gasteiger partial charge >= 0.3 is 0 Å². The smallest absolute Gasteiger partial charge is 0.0962 e. The largest absolute Gasteiger partial charge is 0.388 e. The molecule has 1 heterocycles. The molecule has 1 fully saturated rings. The topological polar surface area (TPSA) is 33.1 Å². The third kappa shape index (κ3) is 2.89. The molecule has 1 aliphatic carbocycles. The van der Waals surface area contributed by atoms with E-state index in [1.54, 1.807) is 11.3 Å². The number of aromatic nitrogens is 1. The van der Waals surface area contributed by atoms with Crippen molar-refractivity contribution >= 4 is 11.3 Å². The summed E-state index contributed by atoms with van der Waals surface area (Å²) in [5, 5.41) is 10.9. The zero-order chi connectivity index (χ0) is 12.4. The second-order valence-electron chi connectivity index (χ2n) is 5.30. The third-order valence-electron chi connectivity index (χ3n) is 4.00. The van der Waals surface area contributed by atoms with Crippen LogP contribution < -0.4 is 0 Å². The fourth-order valence-corrected chi connectivity index (χ4v) is 3.98. The molecular formula is C14H23NOS. The van der Waals surface area contributed by atoms with E-state index in [1.807, 2.05) is 13.8 Å². The summed E-state index contributed by atoms with van der Waals surface area (Å²) in [6.45, 7) is 6.14. The number of aliphatic hydroxyl groups excluding tert-OH is 1. The summed E-state index contributed by atoms with van der Waals surface area (Å²) in [6.07, 6.45) is 6.22. The Morgan fingerprint density at radius 2 is 2.00 bits per heavy atom. The number of rotatable bonds is 3. The van der Waals surface area contributed by atoms with Gasteiger partial charge in [-0.25, -0.2) is 4.98 Å². The summed E-state index contributed by atoms with van der Waals surface area (Å²) >= 11 is 1.72. The van der Waals surface area contributed by atoms with E-state index in [1.165, 1.54) is 37.1 Å². The van der Waals surface area contributed by atoms with E-state index in [2.05, 4.69) is 11.9 Å². The van der Waals surface area contributed by atoms with Gasteiger partial charge in [-0.2, -0.15) is 0 Å². The maximum atomic E-state index is 9.67. The van der Waals surface area contributed by atoms with E-state index in [0.29, 0.717) is 5.92 Å². The Labute approximate surface area is 108 Å². The average molecular weight is 253 g/mol. The minimum absolute atomic E-state index is 0.367. The van der Waals surface area contributed by atoms with Gasteiger partial charge in [-0.05, 0) is 45.4 Å². The van der Waals surface area contributed by atoms with Crippen LogP contribution >= 0.6 is 11.3 Å². The molecule has 0 aliphatic heterocycles. The lowest BCUT2D eigenvalue weighted by molar-refractivity contribution is 0.202. The Bertz CT molecular complexity index is 364. The van der Waals surface area contributed by atoms with E-state index in [4.69, 9.17) is 0 Å². The van der Waals surface area contributed by atoms with Crippen LogP contribution in [-0.2, 0) is 0 Å². The van der Waals surface area contributed by atoms with Crippen LogP contribution in [0.25, 0.3) is 0 Å². The molecule has 3 heteroatoms. The zero-order valence-electron chi connectivity index (χ0n) is 11.1. The van der Waals surface area contributed by atoms with Crippen molar-refractivity contribution in [2.75, 3.05) is 0 Å². The lowest BCUT2D eigenvalue weighted by Gasteiger charge is -2.26. The molecule has 2 rings (SSSR count). The maximum Gasteiger partial charge on any atom is 0.0962 e. The summed E-state index contributed by atoms with van der Waals surface area (Å²) in [5.41, 5.74) is 1.03. The molecule has 0 amide bonds. The molecule has 1 unspecified atom stereocenters. The highest BCUT2D eigenvalue weighted by molar-refractivity contribution is 7.11. The van der Waals surface area contributed by atoms with Gasteiger partial charge in [0, 0.05) is 5.92 Å². The number of aryl methyl sites for hydroxylation is 1. The Morgan fingerprint density at radius 3 is 2.47 bits per heavy atom. The predicted octanol–water partition coefficient (Wildman–Crippen LogP) is 4.19. The lowest BCUT2D eigenvalue weighted by Crippen LogP contribution is -2.12. The summed E-state index contributed by atoms with van der Waals surface area (Å²) in [6, 6.07) is 0. The summed E-state index contributed by atoms with van der Waals surface area (Å²) in [5.74, 6) is 1.58. The molecule has 2 nitrogen and oxygen atoms in total. The Morgan fingerprint density at radius 1 is 1.35 bits per heavy atom. The SMILES string of the molecule is CCC1CCC(c2nc(C)c(C(C)O)s2)CC1. The Balaban J connectivity index is 2.06. The van der Waals surface area contributed by atoms with Crippen molar-refractivity contribution in [3.05, 3.63) is 15.6 Å². The molecule has 1 aliphatic rings. The van der Waals surface area contributed by atoms with Gasteiger partial charge in [-0.3, -0.25) is 0 Å². The van der Waals surface area contributed by atoms with Crippen LogP contribution in [0.15, 0.2) is 0 Å².